The fraction of sp³-hybridized carbons (Fsp3) is 0.160. The lowest BCUT2D eigenvalue weighted by molar-refractivity contribution is -0.123. The molecule has 31 heavy (non-hydrogen) atoms. The number of amides is 1. The summed E-state index contributed by atoms with van der Waals surface area (Å²) in [5.41, 5.74) is 3.64. The Morgan fingerprint density at radius 3 is 2.55 bits per heavy atom. The molecular weight excluding hydrogens is 408 g/mol. The molecule has 0 saturated carbocycles. The second kappa shape index (κ2) is 9.10. The monoisotopic (exact) mass is 430 g/mol. The van der Waals surface area contributed by atoms with Crippen molar-refractivity contribution in [2.75, 3.05) is 5.32 Å². The molecule has 1 N–H and O–H groups in total. The molecule has 1 atom stereocenters. The van der Waals surface area contributed by atoms with Crippen molar-refractivity contribution in [2.45, 2.75) is 26.4 Å². The predicted molar refractivity (Wildman–Crippen MR) is 124 cm³/mol. The minimum absolute atomic E-state index is 0.380. The Morgan fingerprint density at radius 1 is 1.06 bits per heavy atom. The number of hydrogen-bond acceptors (Lipinski definition) is 5. The zero-order valence-corrected chi connectivity index (χ0v) is 18.1. The lowest BCUT2D eigenvalue weighted by Crippen LogP contribution is -2.30. The number of rotatable bonds is 6. The van der Waals surface area contributed by atoms with E-state index in [0.29, 0.717) is 27.8 Å². The maximum atomic E-state index is 13.0. The van der Waals surface area contributed by atoms with Gasteiger partial charge in [-0.3, -0.25) is 4.79 Å². The van der Waals surface area contributed by atoms with Gasteiger partial charge in [0.1, 0.15) is 0 Å². The summed E-state index contributed by atoms with van der Waals surface area (Å²) >= 11 is 1.55. The largest absolute Gasteiger partial charge is 0.449 e. The standard InChI is InChI=1S/C25H22N2O3S/c1-3-17-10-12-18(13-11-17)26-24(28)16(2)30-25(29)20-15-22(23-9-6-14-31-23)27-21-8-5-4-7-19(20)21/h4-16H,3H2,1-2H3,(H,26,28)/t16-/m0/s1. The number of benzene rings is 2. The second-order valence-electron chi connectivity index (χ2n) is 7.14. The average Bonchev–Trinajstić information content (AvgIpc) is 3.33. The summed E-state index contributed by atoms with van der Waals surface area (Å²) in [4.78, 5) is 31.2. The van der Waals surface area contributed by atoms with Crippen molar-refractivity contribution in [3.05, 3.63) is 83.2 Å². The summed E-state index contributed by atoms with van der Waals surface area (Å²) in [6.45, 7) is 3.64. The Balaban J connectivity index is 1.55. The van der Waals surface area contributed by atoms with Gasteiger partial charge >= 0.3 is 5.97 Å². The van der Waals surface area contributed by atoms with Crippen molar-refractivity contribution < 1.29 is 14.3 Å². The van der Waals surface area contributed by atoms with Crippen molar-refractivity contribution in [3.8, 4) is 10.6 Å². The third kappa shape index (κ3) is 4.64. The molecule has 0 radical (unpaired) electrons. The van der Waals surface area contributed by atoms with Crippen LogP contribution in [0, 0.1) is 0 Å². The van der Waals surface area contributed by atoms with Gasteiger partial charge in [0.15, 0.2) is 6.10 Å². The van der Waals surface area contributed by atoms with Gasteiger partial charge in [-0.15, -0.1) is 11.3 Å². The summed E-state index contributed by atoms with van der Waals surface area (Å²) < 4.78 is 5.52. The van der Waals surface area contributed by atoms with Crippen LogP contribution in [0.1, 0.15) is 29.8 Å². The number of thiophene rings is 1. The minimum atomic E-state index is -0.949. The summed E-state index contributed by atoms with van der Waals surface area (Å²) in [5.74, 6) is -0.935. The number of aryl methyl sites for hydroxylation is 1. The van der Waals surface area contributed by atoms with Crippen LogP contribution in [0.25, 0.3) is 21.5 Å². The Morgan fingerprint density at radius 2 is 1.84 bits per heavy atom. The highest BCUT2D eigenvalue weighted by Gasteiger charge is 2.22. The SMILES string of the molecule is CCc1ccc(NC(=O)[C@H](C)OC(=O)c2cc(-c3cccs3)nc3ccccc23)cc1. The normalized spacial score (nSPS) is 11.8. The smallest absolute Gasteiger partial charge is 0.339 e. The first-order valence-electron chi connectivity index (χ1n) is 10.1. The number of nitrogens with zero attached hydrogens (tertiary/aromatic N) is 1. The van der Waals surface area contributed by atoms with Gasteiger partial charge in [0.05, 0.1) is 21.7 Å². The summed E-state index contributed by atoms with van der Waals surface area (Å²) in [6, 6.07) is 20.6. The number of pyridine rings is 1. The second-order valence-corrected chi connectivity index (χ2v) is 8.08. The van der Waals surface area contributed by atoms with Crippen LogP contribution in [0.2, 0.25) is 0 Å². The number of fused-ring (bicyclic) bond motifs is 1. The lowest BCUT2D eigenvalue weighted by atomic mass is 10.1. The molecule has 0 unspecified atom stereocenters. The van der Waals surface area contributed by atoms with Gasteiger partial charge in [-0.25, -0.2) is 9.78 Å². The zero-order chi connectivity index (χ0) is 21.8. The van der Waals surface area contributed by atoms with Crippen LogP contribution in [0.4, 0.5) is 5.69 Å². The lowest BCUT2D eigenvalue weighted by Gasteiger charge is -2.15. The summed E-state index contributed by atoms with van der Waals surface area (Å²) in [6.07, 6.45) is -0.0225. The molecule has 156 valence electrons. The Bertz CT molecular complexity index is 1220. The van der Waals surface area contributed by atoms with Crippen LogP contribution < -0.4 is 5.32 Å². The van der Waals surface area contributed by atoms with E-state index >= 15 is 0 Å². The molecule has 0 aliphatic heterocycles. The molecule has 0 spiro atoms. The number of carbonyl (C=O) groups excluding carboxylic acids is 2. The third-order valence-electron chi connectivity index (χ3n) is 4.99. The average molecular weight is 431 g/mol. The minimum Gasteiger partial charge on any atom is -0.449 e. The van der Waals surface area contributed by atoms with Gasteiger partial charge in [-0.05, 0) is 54.6 Å². The molecule has 2 aromatic carbocycles. The highest BCUT2D eigenvalue weighted by atomic mass is 32.1. The number of hydrogen-bond donors (Lipinski definition) is 1. The fourth-order valence-corrected chi connectivity index (χ4v) is 3.93. The molecule has 0 aliphatic rings. The van der Waals surface area contributed by atoms with E-state index in [1.54, 1.807) is 24.3 Å². The maximum absolute atomic E-state index is 13.0. The Labute approximate surface area is 184 Å². The van der Waals surface area contributed by atoms with Gasteiger partial charge in [0.25, 0.3) is 5.91 Å². The first-order chi connectivity index (χ1) is 15.0. The topological polar surface area (TPSA) is 68.3 Å². The summed E-state index contributed by atoms with van der Waals surface area (Å²) in [5, 5.41) is 5.45. The summed E-state index contributed by atoms with van der Waals surface area (Å²) in [7, 11) is 0. The first-order valence-corrected chi connectivity index (χ1v) is 11.0. The fourth-order valence-electron chi connectivity index (χ4n) is 3.24. The Hall–Kier alpha value is -3.51. The van der Waals surface area contributed by atoms with Crippen molar-refractivity contribution in [3.63, 3.8) is 0 Å². The molecule has 0 fully saturated rings. The van der Waals surface area contributed by atoms with Crippen molar-refractivity contribution >= 4 is 39.8 Å². The number of esters is 1. The van der Waals surface area contributed by atoms with Gasteiger partial charge in [-0.2, -0.15) is 0 Å². The number of anilines is 1. The molecule has 0 saturated heterocycles. The zero-order valence-electron chi connectivity index (χ0n) is 17.3. The number of ether oxygens (including phenoxy) is 1. The van der Waals surface area contributed by atoms with Crippen LogP contribution in [-0.2, 0) is 16.0 Å². The van der Waals surface area contributed by atoms with E-state index in [2.05, 4.69) is 17.2 Å². The molecule has 6 heteroatoms. The molecule has 4 aromatic rings. The molecule has 2 heterocycles. The molecule has 1 amide bonds. The third-order valence-corrected chi connectivity index (χ3v) is 5.88. The number of para-hydroxylation sites is 1. The number of nitrogens with one attached hydrogen (secondary N) is 1. The molecular formula is C25H22N2O3S. The first kappa shape index (κ1) is 20.8. The molecule has 0 bridgehead atoms. The quantitative estimate of drug-likeness (QED) is 0.398. The van der Waals surface area contributed by atoms with Crippen molar-refractivity contribution in [1.82, 2.24) is 4.98 Å². The number of carbonyl (C=O) groups is 2. The van der Waals surface area contributed by atoms with Crippen LogP contribution in [0.3, 0.4) is 0 Å². The van der Waals surface area contributed by atoms with E-state index < -0.39 is 12.1 Å². The van der Waals surface area contributed by atoms with Crippen LogP contribution >= 0.6 is 11.3 Å². The molecule has 0 aliphatic carbocycles. The van der Waals surface area contributed by atoms with Crippen molar-refractivity contribution in [1.29, 1.82) is 0 Å². The van der Waals surface area contributed by atoms with Gasteiger partial charge in [0, 0.05) is 11.1 Å². The predicted octanol–water partition coefficient (Wildman–Crippen LogP) is 5.71. The maximum Gasteiger partial charge on any atom is 0.339 e. The van der Waals surface area contributed by atoms with E-state index in [9.17, 15) is 9.59 Å². The van der Waals surface area contributed by atoms with E-state index in [1.807, 2.05) is 66.0 Å². The van der Waals surface area contributed by atoms with Crippen LogP contribution in [-0.4, -0.2) is 23.0 Å². The molecule has 2 aromatic heterocycles. The highest BCUT2D eigenvalue weighted by molar-refractivity contribution is 7.13. The molecule has 4 rings (SSSR count). The number of aromatic nitrogens is 1. The van der Waals surface area contributed by atoms with Crippen molar-refractivity contribution in [2.24, 2.45) is 0 Å². The van der Waals surface area contributed by atoms with E-state index in [0.717, 1.165) is 11.3 Å². The highest BCUT2D eigenvalue weighted by Crippen LogP contribution is 2.28. The molecule has 5 nitrogen and oxygen atoms in total. The van der Waals surface area contributed by atoms with E-state index in [1.165, 1.54) is 5.56 Å². The van der Waals surface area contributed by atoms with Crippen LogP contribution in [0.15, 0.2) is 72.1 Å². The Kier molecular flexibility index (Phi) is 6.09. The van der Waals surface area contributed by atoms with Gasteiger partial charge in [-0.1, -0.05) is 43.3 Å². The van der Waals surface area contributed by atoms with E-state index in [4.69, 9.17) is 4.74 Å². The van der Waals surface area contributed by atoms with Crippen LogP contribution in [0.5, 0.6) is 0 Å². The van der Waals surface area contributed by atoms with Gasteiger partial charge < -0.3 is 10.1 Å². The van der Waals surface area contributed by atoms with Gasteiger partial charge in [0.2, 0.25) is 0 Å². The van der Waals surface area contributed by atoms with E-state index in [-0.39, 0.29) is 5.91 Å².